The van der Waals surface area contributed by atoms with Gasteiger partial charge in [0.1, 0.15) is 12.2 Å². The minimum absolute atomic E-state index is 0.00279. The number of rotatable bonds is 5. The van der Waals surface area contributed by atoms with Gasteiger partial charge in [0.05, 0.1) is 12.5 Å². The zero-order chi connectivity index (χ0) is 18.0. The maximum atomic E-state index is 12.3. The Morgan fingerprint density at radius 2 is 2.16 bits per heavy atom. The van der Waals surface area contributed by atoms with E-state index in [2.05, 4.69) is 27.6 Å². The lowest BCUT2D eigenvalue weighted by atomic mass is 10.0. The van der Waals surface area contributed by atoms with Gasteiger partial charge in [0, 0.05) is 25.4 Å². The third kappa shape index (κ3) is 4.07. The van der Waals surface area contributed by atoms with Gasteiger partial charge in [-0.2, -0.15) is 0 Å². The predicted octanol–water partition coefficient (Wildman–Crippen LogP) is 1.65. The van der Waals surface area contributed by atoms with E-state index in [4.69, 9.17) is 0 Å². The number of hydrogen-bond donors (Lipinski definition) is 2. The standard InChI is InChI=1S/C19H26N4O2/c1-12-4-5-13(2)14(6-12)9-18(25)20-10-16-7-15(8-17(16)24)19-22-21-11-23(19)3/h4-6,11,15-17,24H,7-10H2,1-3H3,(H,20,25)/t15-,16+,17+/m0/s1. The monoisotopic (exact) mass is 342 g/mol. The number of aromatic nitrogens is 3. The Morgan fingerprint density at radius 3 is 2.88 bits per heavy atom. The summed E-state index contributed by atoms with van der Waals surface area (Å²) < 4.78 is 1.90. The summed E-state index contributed by atoms with van der Waals surface area (Å²) in [4.78, 5) is 12.3. The van der Waals surface area contributed by atoms with E-state index in [0.29, 0.717) is 19.4 Å². The Morgan fingerprint density at radius 1 is 1.36 bits per heavy atom. The maximum absolute atomic E-state index is 12.3. The number of benzene rings is 1. The zero-order valence-corrected chi connectivity index (χ0v) is 15.1. The van der Waals surface area contributed by atoms with Crippen LogP contribution in [-0.2, 0) is 18.3 Å². The van der Waals surface area contributed by atoms with Crippen LogP contribution in [0, 0.1) is 19.8 Å². The topological polar surface area (TPSA) is 80.0 Å². The number of aliphatic hydroxyl groups is 1. The van der Waals surface area contributed by atoms with Crippen LogP contribution in [0.25, 0.3) is 0 Å². The van der Waals surface area contributed by atoms with E-state index in [1.165, 1.54) is 0 Å². The number of aliphatic hydroxyl groups excluding tert-OH is 1. The smallest absolute Gasteiger partial charge is 0.224 e. The first-order valence-electron chi connectivity index (χ1n) is 8.79. The quantitative estimate of drug-likeness (QED) is 0.866. The van der Waals surface area contributed by atoms with Gasteiger partial charge in [-0.25, -0.2) is 0 Å². The van der Waals surface area contributed by atoms with Crippen molar-refractivity contribution in [3.05, 3.63) is 47.0 Å². The van der Waals surface area contributed by atoms with Crippen molar-refractivity contribution >= 4 is 5.91 Å². The molecule has 3 rings (SSSR count). The minimum Gasteiger partial charge on any atom is -0.393 e. The highest BCUT2D eigenvalue weighted by molar-refractivity contribution is 5.79. The number of aryl methyl sites for hydroxylation is 3. The molecule has 1 aromatic heterocycles. The first-order valence-corrected chi connectivity index (χ1v) is 8.79. The second kappa shape index (κ2) is 7.35. The van der Waals surface area contributed by atoms with Crippen LogP contribution in [0.2, 0.25) is 0 Å². The van der Waals surface area contributed by atoms with Gasteiger partial charge in [-0.05, 0) is 37.8 Å². The molecule has 1 aliphatic rings. The number of carbonyl (C=O) groups is 1. The summed E-state index contributed by atoms with van der Waals surface area (Å²) in [5.41, 5.74) is 3.34. The zero-order valence-electron chi connectivity index (χ0n) is 15.1. The molecule has 1 aromatic carbocycles. The molecule has 1 heterocycles. The average molecular weight is 342 g/mol. The van der Waals surface area contributed by atoms with Crippen molar-refractivity contribution in [1.29, 1.82) is 0 Å². The Bertz CT molecular complexity index is 756. The van der Waals surface area contributed by atoms with E-state index in [9.17, 15) is 9.90 Å². The minimum atomic E-state index is -0.414. The molecule has 0 radical (unpaired) electrons. The third-order valence-corrected chi connectivity index (χ3v) is 5.19. The van der Waals surface area contributed by atoms with Gasteiger partial charge in [-0.3, -0.25) is 4.79 Å². The molecule has 25 heavy (non-hydrogen) atoms. The van der Waals surface area contributed by atoms with Gasteiger partial charge in [0.2, 0.25) is 5.91 Å². The highest BCUT2D eigenvalue weighted by Gasteiger charge is 2.35. The van der Waals surface area contributed by atoms with Crippen molar-refractivity contribution in [2.24, 2.45) is 13.0 Å². The lowest BCUT2D eigenvalue weighted by molar-refractivity contribution is -0.120. The van der Waals surface area contributed by atoms with Crippen LogP contribution in [0.4, 0.5) is 0 Å². The lowest BCUT2D eigenvalue weighted by Gasteiger charge is -2.15. The second-order valence-electron chi connectivity index (χ2n) is 7.21. The Labute approximate surface area is 148 Å². The Kier molecular flexibility index (Phi) is 5.18. The highest BCUT2D eigenvalue weighted by Crippen LogP contribution is 2.37. The van der Waals surface area contributed by atoms with Crippen LogP contribution in [0.15, 0.2) is 24.5 Å². The summed E-state index contributed by atoms with van der Waals surface area (Å²) in [5, 5.41) is 21.4. The van der Waals surface area contributed by atoms with Crippen LogP contribution in [0.5, 0.6) is 0 Å². The first-order chi connectivity index (χ1) is 11.9. The molecule has 1 aliphatic carbocycles. The van der Waals surface area contributed by atoms with Crippen molar-refractivity contribution in [2.45, 2.75) is 45.1 Å². The molecule has 6 heteroatoms. The molecular weight excluding hydrogens is 316 g/mol. The van der Waals surface area contributed by atoms with Crippen molar-refractivity contribution in [3.8, 4) is 0 Å². The van der Waals surface area contributed by atoms with Gasteiger partial charge in [0.25, 0.3) is 0 Å². The fourth-order valence-corrected chi connectivity index (χ4v) is 3.67. The largest absolute Gasteiger partial charge is 0.393 e. The molecule has 134 valence electrons. The molecule has 3 atom stereocenters. The molecule has 0 spiro atoms. The van der Waals surface area contributed by atoms with Gasteiger partial charge in [-0.1, -0.05) is 23.8 Å². The second-order valence-corrected chi connectivity index (χ2v) is 7.21. The molecule has 1 amide bonds. The van der Waals surface area contributed by atoms with E-state index >= 15 is 0 Å². The normalized spacial score (nSPS) is 23.0. The first kappa shape index (κ1) is 17.6. The van der Waals surface area contributed by atoms with E-state index in [-0.39, 0.29) is 17.7 Å². The fraction of sp³-hybridized carbons (Fsp3) is 0.526. The van der Waals surface area contributed by atoms with E-state index in [1.54, 1.807) is 6.33 Å². The summed E-state index contributed by atoms with van der Waals surface area (Å²) >= 11 is 0. The van der Waals surface area contributed by atoms with Crippen LogP contribution in [0.1, 0.15) is 41.3 Å². The van der Waals surface area contributed by atoms with E-state index < -0.39 is 6.10 Å². The summed E-state index contributed by atoms with van der Waals surface area (Å²) in [6, 6.07) is 6.16. The van der Waals surface area contributed by atoms with Gasteiger partial charge in [0.15, 0.2) is 0 Å². The maximum Gasteiger partial charge on any atom is 0.224 e. The van der Waals surface area contributed by atoms with Crippen molar-refractivity contribution in [3.63, 3.8) is 0 Å². The number of carbonyl (C=O) groups excluding carboxylic acids is 1. The SMILES string of the molecule is Cc1ccc(C)c(CC(=O)NC[C@H]2C[C@H](c3nncn3C)C[C@H]2O)c1. The van der Waals surface area contributed by atoms with Crippen molar-refractivity contribution in [2.75, 3.05) is 6.54 Å². The summed E-state index contributed by atoms with van der Waals surface area (Å²) in [5.74, 6) is 1.17. The fourth-order valence-electron chi connectivity index (χ4n) is 3.67. The number of nitrogens with one attached hydrogen (secondary N) is 1. The molecule has 0 saturated heterocycles. The number of hydrogen-bond acceptors (Lipinski definition) is 4. The third-order valence-electron chi connectivity index (χ3n) is 5.19. The highest BCUT2D eigenvalue weighted by atomic mass is 16.3. The molecule has 1 saturated carbocycles. The molecule has 0 aliphatic heterocycles. The summed E-state index contributed by atoms with van der Waals surface area (Å²) in [6.07, 6.45) is 3.13. The Balaban J connectivity index is 1.54. The van der Waals surface area contributed by atoms with Gasteiger partial charge >= 0.3 is 0 Å². The molecular formula is C19H26N4O2. The van der Waals surface area contributed by atoms with Crippen molar-refractivity contribution < 1.29 is 9.90 Å². The van der Waals surface area contributed by atoms with Crippen LogP contribution >= 0.6 is 0 Å². The lowest BCUT2D eigenvalue weighted by Crippen LogP contribution is -2.33. The summed E-state index contributed by atoms with van der Waals surface area (Å²) in [6.45, 7) is 4.55. The van der Waals surface area contributed by atoms with E-state index in [0.717, 1.165) is 28.9 Å². The molecule has 2 N–H and O–H groups in total. The molecule has 1 fully saturated rings. The molecule has 0 unspecified atom stereocenters. The van der Waals surface area contributed by atoms with Crippen LogP contribution in [-0.4, -0.2) is 38.4 Å². The number of nitrogens with zero attached hydrogens (tertiary/aromatic N) is 3. The molecule has 0 bridgehead atoms. The Hall–Kier alpha value is -2.21. The molecule has 6 nitrogen and oxygen atoms in total. The van der Waals surface area contributed by atoms with Crippen LogP contribution in [0.3, 0.4) is 0 Å². The van der Waals surface area contributed by atoms with Crippen molar-refractivity contribution in [1.82, 2.24) is 20.1 Å². The molecule has 2 aromatic rings. The number of amides is 1. The van der Waals surface area contributed by atoms with Gasteiger partial charge < -0.3 is 15.0 Å². The van der Waals surface area contributed by atoms with E-state index in [1.807, 2.05) is 31.5 Å². The van der Waals surface area contributed by atoms with Crippen LogP contribution < -0.4 is 5.32 Å². The predicted molar refractivity (Wildman–Crippen MR) is 95.1 cm³/mol. The van der Waals surface area contributed by atoms with Gasteiger partial charge in [-0.15, -0.1) is 10.2 Å². The summed E-state index contributed by atoms with van der Waals surface area (Å²) in [7, 11) is 1.92. The average Bonchev–Trinajstić information content (AvgIpc) is 3.14.